The van der Waals surface area contributed by atoms with E-state index in [2.05, 4.69) is 15.3 Å². The number of aryl methyl sites for hydroxylation is 2. The molecule has 1 unspecified atom stereocenters. The number of carbonyl (C=O) groups excluding carboxylic acids is 1. The van der Waals surface area contributed by atoms with Crippen molar-refractivity contribution < 1.29 is 9.53 Å². The summed E-state index contributed by atoms with van der Waals surface area (Å²) in [6.07, 6.45) is 0. The van der Waals surface area contributed by atoms with Crippen LogP contribution in [0.3, 0.4) is 0 Å². The van der Waals surface area contributed by atoms with Gasteiger partial charge in [0.2, 0.25) is 5.91 Å². The number of nitrogens with one attached hydrogen (secondary N) is 2. The average molecular weight is 347 g/mol. The molecular weight excluding hydrogens is 326 g/mol. The van der Waals surface area contributed by atoms with E-state index in [0.29, 0.717) is 10.9 Å². The number of methoxy groups -OCH3 is 1. The molecular formula is C17H21N3O3S. The molecule has 1 amide bonds. The molecule has 24 heavy (non-hydrogen) atoms. The van der Waals surface area contributed by atoms with Crippen LogP contribution in [0.2, 0.25) is 0 Å². The van der Waals surface area contributed by atoms with E-state index in [1.807, 2.05) is 32.0 Å². The first kappa shape index (κ1) is 18.2. The summed E-state index contributed by atoms with van der Waals surface area (Å²) in [6.45, 7) is 5.98. The molecule has 0 saturated carbocycles. The molecule has 7 heteroatoms. The number of aromatic nitrogens is 2. The van der Waals surface area contributed by atoms with Crippen LogP contribution in [0, 0.1) is 13.8 Å². The summed E-state index contributed by atoms with van der Waals surface area (Å²) in [5.74, 6) is -0.147. The first-order valence-electron chi connectivity index (χ1n) is 7.53. The van der Waals surface area contributed by atoms with E-state index in [1.54, 1.807) is 6.92 Å². The van der Waals surface area contributed by atoms with Gasteiger partial charge in [-0.3, -0.25) is 9.59 Å². The Labute approximate surface area is 145 Å². The van der Waals surface area contributed by atoms with Gasteiger partial charge in [0.25, 0.3) is 5.56 Å². The second-order valence-electron chi connectivity index (χ2n) is 5.54. The summed E-state index contributed by atoms with van der Waals surface area (Å²) in [5.41, 5.74) is 3.21. The molecule has 0 aliphatic carbocycles. The topological polar surface area (TPSA) is 84.1 Å². The lowest BCUT2D eigenvalue weighted by atomic mass is 10.1. The van der Waals surface area contributed by atoms with Gasteiger partial charge in [0.1, 0.15) is 0 Å². The van der Waals surface area contributed by atoms with Crippen molar-refractivity contribution in [2.75, 3.05) is 12.4 Å². The summed E-state index contributed by atoms with van der Waals surface area (Å²) >= 11 is 1.20. The molecule has 128 valence electrons. The molecule has 2 rings (SSSR count). The van der Waals surface area contributed by atoms with Gasteiger partial charge >= 0.3 is 0 Å². The van der Waals surface area contributed by atoms with Crippen LogP contribution < -0.4 is 10.9 Å². The Morgan fingerprint density at radius 2 is 2.12 bits per heavy atom. The number of hydrogen-bond donors (Lipinski definition) is 2. The van der Waals surface area contributed by atoms with Crippen molar-refractivity contribution in [3.05, 3.63) is 51.4 Å². The Balaban J connectivity index is 2.07. The predicted octanol–water partition coefficient (Wildman–Crippen LogP) is 2.65. The highest BCUT2D eigenvalue weighted by molar-refractivity contribution is 8.00. The van der Waals surface area contributed by atoms with Gasteiger partial charge in [-0.2, -0.15) is 0 Å². The fourth-order valence-electron chi connectivity index (χ4n) is 2.17. The Bertz CT molecular complexity index is 789. The standard InChI is InChI=1S/C17H21N3O3S/c1-10-5-6-14(11(2)7-10)19-16(22)12(3)24-17-18-13(9-23-4)8-15(21)20-17/h5-8,12H,9H2,1-4H3,(H,19,22)(H,18,20,21). The number of amides is 1. The minimum absolute atomic E-state index is 0.147. The molecule has 1 atom stereocenters. The van der Waals surface area contributed by atoms with E-state index in [4.69, 9.17) is 4.74 Å². The smallest absolute Gasteiger partial charge is 0.251 e. The summed E-state index contributed by atoms with van der Waals surface area (Å²) in [7, 11) is 1.54. The van der Waals surface area contributed by atoms with Crippen LogP contribution in [0.25, 0.3) is 0 Å². The number of aromatic amines is 1. The monoisotopic (exact) mass is 347 g/mol. The van der Waals surface area contributed by atoms with E-state index in [0.717, 1.165) is 16.8 Å². The Kier molecular flexibility index (Phi) is 6.16. The summed E-state index contributed by atoms with van der Waals surface area (Å²) in [6, 6.07) is 7.24. The van der Waals surface area contributed by atoms with Crippen molar-refractivity contribution in [2.45, 2.75) is 37.8 Å². The highest BCUT2D eigenvalue weighted by Gasteiger charge is 2.17. The number of hydrogen-bond acceptors (Lipinski definition) is 5. The third-order valence-corrected chi connectivity index (χ3v) is 4.35. The van der Waals surface area contributed by atoms with Crippen LogP contribution in [0.5, 0.6) is 0 Å². The molecule has 0 fully saturated rings. The second-order valence-corrected chi connectivity index (χ2v) is 6.87. The first-order valence-corrected chi connectivity index (χ1v) is 8.41. The molecule has 0 saturated heterocycles. The number of carbonyl (C=O) groups is 1. The summed E-state index contributed by atoms with van der Waals surface area (Å²) in [5, 5.41) is 2.90. The van der Waals surface area contributed by atoms with E-state index >= 15 is 0 Å². The Morgan fingerprint density at radius 1 is 1.38 bits per heavy atom. The summed E-state index contributed by atoms with van der Waals surface area (Å²) in [4.78, 5) is 30.9. The lowest BCUT2D eigenvalue weighted by Gasteiger charge is -2.13. The molecule has 1 aromatic heterocycles. The van der Waals surface area contributed by atoms with Gasteiger partial charge < -0.3 is 15.0 Å². The number of nitrogens with zero attached hydrogens (tertiary/aromatic N) is 1. The van der Waals surface area contributed by atoms with Crippen LogP contribution in [0.1, 0.15) is 23.7 Å². The predicted molar refractivity (Wildman–Crippen MR) is 95.4 cm³/mol. The van der Waals surface area contributed by atoms with Crippen LogP contribution in [0.15, 0.2) is 34.2 Å². The molecule has 2 aromatic rings. The minimum atomic E-state index is -0.411. The van der Waals surface area contributed by atoms with Crippen molar-refractivity contribution in [3.63, 3.8) is 0 Å². The lowest BCUT2D eigenvalue weighted by Crippen LogP contribution is -2.23. The zero-order valence-electron chi connectivity index (χ0n) is 14.2. The molecule has 0 aliphatic rings. The highest BCUT2D eigenvalue weighted by Crippen LogP contribution is 2.22. The van der Waals surface area contributed by atoms with Crippen LogP contribution in [-0.4, -0.2) is 28.2 Å². The van der Waals surface area contributed by atoms with Crippen molar-refractivity contribution >= 4 is 23.4 Å². The third kappa shape index (κ3) is 4.94. The van der Waals surface area contributed by atoms with Crippen molar-refractivity contribution in [2.24, 2.45) is 0 Å². The number of ether oxygens (including phenoxy) is 1. The SMILES string of the molecule is COCc1cc(=O)[nH]c(SC(C)C(=O)Nc2ccc(C)cc2C)n1. The fourth-order valence-corrected chi connectivity index (χ4v) is 3.00. The molecule has 0 aliphatic heterocycles. The number of anilines is 1. The average Bonchev–Trinajstić information content (AvgIpc) is 2.49. The molecule has 1 heterocycles. The maximum Gasteiger partial charge on any atom is 0.251 e. The number of thioether (sulfide) groups is 1. The number of rotatable bonds is 6. The lowest BCUT2D eigenvalue weighted by molar-refractivity contribution is -0.115. The van der Waals surface area contributed by atoms with E-state index in [-0.39, 0.29) is 18.1 Å². The van der Waals surface area contributed by atoms with Gasteiger partial charge in [-0.1, -0.05) is 29.5 Å². The van der Waals surface area contributed by atoms with Gasteiger partial charge in [-0.15, -0.1) is 0 Å². The van der Waals surface area contributed by atoms with Gasteiger partial charge in [-0.25, -0.2) is 4.98 Å². The van der Waals surface area contributed by atoms with E-state index in [1.165, 1.54) is 24.9 Å². The minimum Gasteiger partial charge on any atom is -0.378 e. The molecule has 2 N–H and O–H groups in total. The van der Waals surface area contributed by atoms with E-state index in [9.17, 15) is 9.59 Å². The fraction of sp³-hybridized carbons (Fsp3) is 0.353. The number of H-pyrrole nitrogens is 1. The second kappa shape index (κ2) is 8.12. The van der Waals surface area contributed by atoms with Gasteiger partial charge in [-0.05, 0) is 32.4 Å². The summed E-state index contributed by atoms with van der Waals surface area (Å²) < 4.78 is 4.99. The van der Waals surface area contributed by atoms with Gasteiger partial charge in [0.05, 0.1) is 17.6 Å². The van der Waals surface area contributed by atoms with Gasteiger partial charge in [0.15, 0.2) is 5.16 Å². The molecule has 0 radical (unpaired) electrons. The zero-order valence-corrected chi connectivity index (χ0v) is 15.0. The molecule has 0 spiro atoms. The molecule has 6 nitrogen and oxygen atoms in total. The maximum absolute atomic E-state index is 12.4. The van der Waals surface area contributed by atoms with Crippen LogP contribution in [0.4, 0.5) is 5.69 Å². The molecule has 1 aromatic carbocycles. The third-order valence-electron chi connectivity index (χ3n) is 3.36. The number of benzene rings is 1. The molecule has 0 bridgehead atoms. The van der Waals surface area contributed by atoms with Gasteiger partial charge in [0, 0.05) is 18.9 Å². The van der Waals surface area contributed by atoms with Crippen molar-refractivity contribution in [1.82, 2.24) is 9.97 Å². The largest absolute Gasteiger partial charge is 0.378 e. The van der Waals surface area contributed by atoms with Crippen LogP contribution in [-0.2, 0) is 16.1 Å². The van der Waals surface area contributed by atoms with Crippen molar-refractivity contribution in [3.8, 4) is 0 Å². The quantitative estimate of drug-likeness (QED) is 0.620. The van der Waals surface area contributed by atoms with Crippen molar-refractivity contribution in [1.29, 1.82) is 0 Å². The Hall–Kier alpha value is -2.12. The van der Waals surface area contributed by atoms with Crippen LogP contribution >= 0.6 is 11.8 Å². The first-order chi connectivity index (χ1) is 11.4. The normalized spacial score (nSPS) is 12.0. The zero-order chi connectivity index (χ0) is 17.7. The highest BCUT2D eigenvalue weighted by atomic mass is 32.2. The van der Waals surface area contributed by atoms with E-state index < -0.39 is 5.25 Å². The Morgan fingerprint density at radius 3 is 2.79 bits per heavy atom. The maximum atomic E-state index is 12.4.